The van der Waals surface area contributed by atoms with Gasteiger partial charge < -0.3 is 5.11 Å². The fraction of sp³-hybridized carbons (Fsp3) is 0.929. The molecule has 1 N–H and O–H groups in total. The zero-order valence-corrected chi connectivity index (χ0v) is 10.5. The van der Waals surface area contributed by atoms with Gasteiger partial charge in [0.1, 0.15) is 0 Å². The summed E-state index contributed by atoms with van der Waals surface area (Å²) in [6.45, 7) is 4.41. The van der Waals surface area contributed by atoms with E-state index in [1.165, 1.54) is 6.42 Å². The van der Waals surface area contributed by atoms with Crippen LogP contribution in [0.4, 0.5) is 0 Å². The van der Waals surface area contributed by atoms with Crippen LogP contribution in [0.5, 0.6) is 0 Å². The average Bonchev–Trinajstić information content (AvgIpc) is 2.61. The molecule has 0 aromatic heterocycles. The molecule has 2 fully saturated rings. The predicted octanol–water partition coefficient (Wildman–Crippen LogP) is 3.26. The Morgan fingerprint density at radius 3 is 2.31 bits per heavy atom. The summed E-state index contributed by atoms with van der Waals surface area (Å²) >= 11 is 0. The molecule has 0 aliphatic heterocycles. The number of hydrogen-bond acceptors (Lipinski definition) is 2. The van der Waals surface area contributed by atoms with Gasteiger partial charge in [0.15, 0.2) is 0 Å². The van der Waals surface area contributed by atoms with Crippen LogP contribution in [0.15, 0.2) is 0 Å². The van der Waals surface area contributed by atoms with Crippen LogP contribution in [0.25, 0.3) is 0 Å². The Kier molecular flexibility index (Phi) is 3.01. The van der Waals surface area contributed by atoms with Crippen molar-refractivity contribution in [2.45, 2.75) is 64.4 Å². The highest BCUT2D eigenvalue weighted by molar-refractivity contribution is 5.15. The van der Waals surface area contributed by atoms with Crippen molar-refractivity contribution in [1.82, 2.24) is 0 Å². The normalized spacial score (nSPS) is 48.9. The average molecular weight is 221 g/mol. The molecular formula is C14H23NO. The van der Waals surface area contributed by atoms with E-state index in [1.54, 1.807) is 0 Å². The zero-order valence-electron chi connectivity index (χ0n) is 10.5. The van der Waals surface area contributed by atoms with Crippen molar-refractivity contribution < 1.29 is 5.11 Å². The molecule has 2 aliphatic carbocycles. The molecule has 0 radical (unpaired) electrons. The number of aliphatic hydroxyl groups is 1. The molecule has 0 heterocycles. The highest BCUT2D eigenvalue weighted by atomic mass is 16.3. The first-order valence-electron chi connectivity index (χ1n) is 6.65. The van der Waals surface area contributed by atoms with Gasteiger partial charge in [0.2, 0.25) is 0 Å². The van der Waals surface area contributed by atoms with Gasteiger partial charge in [0, 0.05) is 0 Å². The Hall–Kier alpha value is -0.550. The molecule has 0 saturated heterocycles. The maximum atomic E-state index is 10.9. The molecule has 0 bridgehead atoms. The third kappa shape index (κ3) is 1.76. The van der Waals surface area contributed by atoms with Crippen molar-refractivity contribution in [1.29, 1.82) is 5.26 Å². The molecule has 2 nitrogen and oxygen atoms in total. The number of rotatable bonds is 1. The Bertz CT molecular complexity index is 308. The van der Waals surface area contributed by atoms with Crippen LogP contribution in [-0.4, -0.2) is 10.7 Å². The van der Waals surface area contributed by atoms with Crippen molar-refractivity contribution in [2.24, 2.45) is 17.3 Å². The second kappa shape index (κ2) is 4.04. The summed E-state index contributed by atoms with van der Waals surface area (Å²) in [6, 6.07) is 2.49. The van der Waals surface area contributed by atoms with Gasteiger partial charge >= 0.3 is 0 Å². The molecule has 2 rings (SSSR count). The summed E-state index contributed by atoms with van der Waals surface area (Å²) < 4.78 is 0. The first-order chi connectivity index (χ1) is 7.51. The van der Waals surface area contributed by atoms with Gasteiger partial charge in [0.05, 0.1) is 17.1 Å². The Morgan fingerprint density at radius 1 is 1.12 bits per heavy atom. The lowest BCUT2D eigenvalue weighted by atomic mass is 9.62. The summed E-state index contributed by atoms with van der Waals surface area (Å²) in [6.07, 6.45) is 6.84. The van der Waals surface area contributed by atoms with Gasteiger partial charge in [-0.3, -0.25) is 0 Å². The van der Waals surface area contributed by atoms with Crippen molar-refractivity contribution in [3.63, 3.8) is 0 Å². The van der Waals surface area contributed by atoms with E-state index in [2.05, 4.69) is 19.9 Å². The van der Waals surface area contributed by atoms with Crippen molar-refractivity contribution in [3.05, 3.63) is 0 Å². The van der Waals surface area contributed by atoms with E-state index < -0.39 is 11.0 Å². The quantitative estimate of drug-likeness (QED) is 0.738. The van der Waals surface area contributed by atoms with E-state index in [0.717, 1.165) is 38.5 Å². The van der Waals surface area contributed by atoms with Crippen molar-refractivity contribution >= 4 is 0 Å². The molecule has 90 valence electrons. The van der Waals surface area contributed by atoms with Crippen LogP contribution in [0.3, 0.4) is 0 Å². The summed E-state index contributed by atoms with van der Waals surface area (Å²) in [7, 11) is 0. The maximum absolute atomic E-state index is 10.9. The Balaban J connectivity index is 2.23. The monoisotopic (exact) mass is 221 g/mol. The smallest absolute Gasteiger partial charge is 0.0863 e. The lowest BCUT2D eigenvalue weighted by molar-refractivity contribution is -0.0933. The van der Waals surface area contributed by atoms with Gasteiger partial charge in [-0.2, -0.15) is 5.26 Å². The van der Waals surface area contributed by atoms with Crippen LogP contribution in [0.2, 0.25) is 0 Å². The third-order valence-electron chi connectivity index (χ3n) is 4.84. The van der Waals surface area contributed by atoms with Crippen LogP contribution < -0.4 is 0 Å². The lowest BCUT2D eigenvalue weighted by Crippen LogP contribution is -2.49. The van der Waals surface area contributed by atoms with E-state index in [4.69, 9.17) is 0 Å². The zero-order chi connectivity index (χ0) is 11.8. The fourth-order valence-corrected chi connectivity index (χ4v) is 3.88. The van der Waals surface area contributed by atoms with E-state index in [9.17, 15) is 10.4 Å². The molecular weight excluding hydrogens is 198 g/mol. The summed E-state index contributed by atoms with van der Waals surface area (Å²) in [4.78, 5) is 0. The highest BCUT2D eigenvalue weighted by Crippen LogP contribution is 2.54. The van der Waals surface area contributed by atoms with Crippen molar-refractivity contribution in [3.8, 4) is 6.07 Å². The van der Waals surface area contributed by atoms with Crippen LogP contribution in [0, 0.1) is 28.6 Å². The minimum atomic E-state index is -0.704. The van der Waals surface area contributed by atoms with E-state index in [0.29, 0.717) is 11.8 Å². The molecule has 0 spiro atoms. The van der Waals surface area contributed by atoms with Crippen LogP contribution in [-0.2, 0) is 0 Å². The number of nitrogens with zero attached hydrogens (tertiary/aromatic N) is 1. The first kappa shape index (κ1) is 11.9. The number of nitriles is 1. The first-order valence-corrected chi connectivity index (χ1v) is 6.65. The Morgan fingerprint density at radius 2 is 1.81 bits per heavy atom. The standard InChI is InChI=1S/C14H23NO/c1-11-4-3-6-14(16,9-11)13(10-15)7-5-12(2)8-13/h11-12,16H,3-9H2,1-2H3. The minimum absolute atomic E-state index is 0.443. The minimum Gasteiger partial charge on any atom is -0.388 e. The molecule has 2 heteroatoms. The van der Waals surface area contributed by atoms with Crippen LogP contribution >= 0.6 is 0 Å². The van der Waals surface area contributed by atoms with Gasteiger partial charge in [0.25, 0.3) is 0 Å². The van der Waals surface area contributed by atoms with E-state index >= 15 is 0 Å². The maximum Gasteiger partial charge on any atom is 0.0863 e. The highest BCUT2D eigenvalue weighted by Gasteiger charge is 2.54. The summed E-state index contributed by atoms with van der Waals surface area (Å²) in [5.41, 5.74) is -1.15. The molecule has 4 unspecified atom stereocenters. The van der Waals surface area contributed by atoms with E-state index in [1.807, 2.05) is 0 Å². The van der Waals surface area contributed by atoms with E-state index in [-0.39, 0.29) is 0 Å². The second-order valence-electron chi connectivity index (χ2n) is 6.27. The molecule has 2 saturated carbocycles. The molecule has 2 aliphatic rings. The van der Waals surface area contributed by atoms with Gasteiger partial charge in [-0.05, 0) is 43.9 Å². The fourth-order valence-electron chi connectivity index (χ4n) is 3.88. The van der Waals surface area contributed by atoms with Crippen LogP contribution in [0.1, 0.15) is 58.8 Å². The molecule has 0 aromatic rings. The van der Waals surface area contributed by atoms with Crippen molar-refractivity contribution in [2.75, 3.05) is 0 Å². The largest absolute Gasteiger partial charge is 0.388 e. The van der Waals surface area contributed by atoms with Gasteiger partial charge in [-0.15, -0.1) is 0 Å². The lowest BCUT2D eigenvalue weighted by Gasteiger charge is -2.45. The van der Waals surface area contributed by atoms with Gasteiger partial charge in [-0.1, -0.05) is 26.7 Å². The molecule has 16 heavy (non-hydrogen) atoms. The Labute approximate surface area is 98.7 Å². The van der Waals surface area contributed by atoms with Gasteiger partial charge in [-0.25, -0.2) is 0 Å². The predicted molar refractivity (Wildman–Crippen MR) is 63.6 cm³/mol. The third-order valence-corrected chi connectivity index (χ3v) is 4.84. The molecule has 4 atom stereocenters. The number of hydrogen-bond donors (Lipinski definition) is 1. The molecule has 0 aromatic carbocycles. The summed E-state index contributed by atoms with van der Waals surface area (Å²) in [5, 5.41) is 20.4. The summed E-state index contributed by atoms with van der Waals surface area (Å²) in [5.74, 6) is 1.17. The second-order valence-corrected chi connectivity index (χ2v) is 6.27. The molecule has 0 amide bonds. The topological polar surface area (TPSA) is 44.0 Å². The SMILES string of the molecule is CC1CCCC(O)(C2(C#N)CCC(C)C2)C1.